The topological polar surface area (TPSA) is 82.3 Å². The molecule has 0 unspecified atom stereocenters. The summed E-state index contributed by atoms with van der Waals surface area (Å²) in [6.45, 7) is 1.70. The van der Waals surface area contributed by atoms with Crippen LogP contribution in [0, 0.1) is 11.3 Å². The van der Waals surface area contributed by atoms with Crippen LogP contribution in [0.2, 0.25) is 5.02 Å². The van der Waals surface area contributed by atoms with Gasteiger partial charge in [0.1, 0.15) is 11.8 Å². The Hall–Kier alpha value is -3.08. The van der Waals surface area contributed by atoms with Crippen molar-refractivity contribution in [2.45, 2.75) is 6.42 Å². The van der Waals surface area contributed by atoms with Gasteiger partial charge in [-0.1, -0.05) is 17.7 Å². The highest BCUT2D eigenvalue weighted by atomic mass is 35.5. The molecule has 0 fully saturated rings. The normalized spacial score (nSPS) is 13.2. The number of aromatic nitrogens is 1. The SMILES string of the molecule is N#Cc1cccc(-c2csc(NC3=NCCCN3)n2)c1Oc1ccc(Cl)cc1. The van der Waals surface area contributed by atoms with Gasteiger partial charge in [0.25, 0.3) is 0 Å². The lowest BCUT2D eigenvalue weighted by Crippen LogP contribution is -2.35. The average Bonchev–Trinajstić information content (AvgIpc) is 3.19. The third kappa shape index (κ3) is 4.09. The molecule has 2 heterocycles. The van der Waals surface area contributed by atoms with Gasteiger partial charge in [0.15, 0.2) is 16.8 Å². The number of ether oxygens (including phenoxy) is 1. The number of nitrogens with zero attached hydrogens (tertiary/aromatic N) is 3. The zero-order chi connectivity index (χ0) is 19.3. The zero-order valence-electron chi connectivity index (χ0n) is 14.8. The molecule has 4 rings (SSSR count). The predicted molar refractivity (Wildman–Crippen MR) is 112 cm³/mol. The highest BCUT2D eigenvalue weighted by molar-refractivity contribution is 7.14. The molecule has 140 valence electrons. The van der Waals surface area contributed by atoms with Crippen molar-refractivity contribution in [2.75, 3.05) is 18.4 Å². The summed E-state index contributed by atoms with van der Waals surface area (Å²) in [7, 11) is 0. The van der Waals surface area contributed by atoms with E-state index in [-0.39, 0.29) is 0 Å². The molecule has 28 heavy (non-hydrogen) atoms. The lowest BCUT2D eigenvalue weighted by atomic mass is 10.1. The first-order chi connectivity index (χ1) is 13.7. The molecule has 0 bridgehead atoms. The molecular weight excluding hydrogens is 394 g/mol. The Kier molecular flexibility index (Phi) is 5.42. The smallest absolute Gasteiger partial charge is 0.197 e. The van der Waals surface area contributed by atoms with E-state index in [0.29, 0.717) is 22.1 Å². The van der Waals surface area contributed by atoms with Crippen molar-refractivity contribution in [3.63, 3.8) is 0 Å². The fourth-order valence-corrected chi connectivity index (χ4v) is 3.57. The molecule has 0 spiro atoms. The van der Waals surface area contributed by atoms with Gasteiger partial charge in [-0.25, -0.2) is 4.98 Å². The fraction of sp³-hybridized carbons (Fsp3) is 0.150. The number of halogens is 1. The lowest BCUT2D eigenvalue weighted by Gasteiger charge is -2.14. The molecule has 0 aliphatic carbocycles. The van der Waals surface area contributed by atoms with Crippen LogP contribution in [0.3, 0.4) is 0 Å². The largest absolute Gasteiger partial charge is 0.455 e. The molecule has 2 aromatic carbocycles. The van der Waals surface area contributed by atoms with E-state index in [1.807, 2.05) is 17.5 Å². The number of hydrogen-bond donors (Lipinski definition) is 2. The number of para-hydroxylation sites is 1. The van der Waals surface area contributed by atoms with Gasteiger partial charge >= 0.3 is 0 Å². The Morgan fingerprint density at radius 3 is 2.82 bits per heavy atom. The Morgan fingerprint density at radius 2 is 2.07 bits per heavy atom. The third-order valence-electron chi connectivity index (χ3n) is 4.07. The predicted octanol–water partition coefficient (Wildman–Crippen LogP) is 4.89. The van der Waals surface area contributed by atoms with Crippen molar-refractivity contribution < 1.29 is 4.74 Å². The summed E-state index contributed by atoms with van der Waals surface area (Å²) in [4.78, 5) is 9.04. The number of guanidine groups is 1. The number of nitrogens with one attached hydrogen (secondary N) is 2. The van der Waals surface area contributed by atoms with Crippen molar-refractivity contribution in [3.8, 4) is 28.8 Å². The van der Waals surface area contributed by atoms with Crippen LogP contribution in [-0.4, -0.2) is 24.0 Å². The van der Waals surface area contributed by atoms with Crippen LogP contribution in [0.25, 0.3) is 11.3 Å². The van der Waals surface area contributed by atoms with Crippen LogP contribution in [0.15, 0.2) is 52.8 Å². The number of benzene rings is 2. The van der Waals surface area contributed by atoms with E-state index in [1.54, 1.807) is 30.3 Å². The second-order valence-corrected chi connectivity index (χ2v) is 7.32. The zero-order valence-corrected chi connectivity index (χ0v) is 16.3. The average molecular weight is 410 g/mol. The van der Waals surface area contributed by atoms with E-state index in [2.05, 4.69) is 26.7 Å². The molecule has 0 amide bonds. The minimum absolute atomic E-state index is 0.438. The van der Waals surface area contributed by atoms with Crippen molar-refractivity contribution in [3.05, 3.63) is 58.4 Å². The standard InChI is InChI=1S/C20H16ClN5OS/c21-14-5-7-15(8-6-14)27-18-13(11-22)3-1-4-16(18)17-12-28-20(25-17)26-19-23-9-2-10-24-19/h1,3-8,12H,2,9-10H2,(H2,23,24,25,26). The second-order valence-electron chi connectivity index (χ2n) is 6.02. The van der Waals surface area contributed by atoms with Crippen molar-refractivity contribution in [1.29, 1.82) is 5.26 Å². The van der Waals surface area contributed by atoms with Gasteiger partial charge in [-0.15, -0.1) is 11.3 Å². The summed E-state index contributed by atoms with van der Waals surface area (Å²) < 4.78 is 6.03. The quantitative estimate of drug-likeness (QED) is 0.641. The lowest BCUT2D eigenvalue weighted by molar-refractivity contribution is 0.483. The maximum Gasteiger partial charge on any atom is 0.197 e. The Balaban J connectivity index is 1.65. The van der Waals surface area contributed by atoms with Crippen molar-refractivity contribution in [2.24, 2.45) is 4.99 Å². The van der Waals surface area contributed by atoms with E-state index in [9.17, 15) is 5.26 Å². The maximum atomic E-state index is 9.53. The van der Waals surface area contributed by atoms with Crippen LogP contribution in [0.4, 0.5) is 5.13 Å². The Labute approximate surface area is 171 Å². The molecule has 3 aromatic rings. The summed E-state index contributed by atoms with van der Waals surface area (Å²) in [5, 5.41) is 19.2. The number of hydrogen-bond acceptors (Lipinski definition) is 7. The summed E-state index contributed by atoms with van der Waals surface area (Å²) in [5.41, 5.74) is 1.91. The molecule has 0 atom stereocenters. The molecule has 1 aromatic heterocycles. The van der Waals surface area contributed by atoms with E-state index in [0.717, 1.165) is 41.9 Å². The van der Waals surface area contributed by atoms with Gasteiger partial charge in [0.2, 0.25) is 0 Å². The molecule has 0 saturated heterocycles. The minimum atomic E-state index is 0.438. The van der Waals surface area contributed by atoms with Crippen LogP contribution in [0.5, 0.6) is 11.5 Å². The van der Waals surface area contributed by atoms with E-state index < -0.39 is 0 Å². The van der Waals surface area contributed by atoms with Crippen LogP contribution < -0.4 is 15.4 Å². The maximum absolute atomic E-state index is 9.53. The first-order valence-electron chi connectivity index (χ1n) is 8.71. The van der Waals surface area contributed by atoms with Gasteiger partial charge in [0, 0.05) is 29.1 Å². The van der Waals surface area contributed by atoms with E-state index in [4.69, 9.17) is 16.3 Å². The Morgan fingerprint density at radius 1 is 1.21 bits per heavy atom. The third-order valence-corrected chi connectivity index (χ3v) is 5.08. The molecular formula is C20H16ClN5OS. The summed E-state index contributed by atoms with van der Waals surface area (Å²) in [6, 6.07) is 14.6. The first kappa shape index (κ1) is 18.3. The summed E-state index contributed by atoms with van der Waals surface area (Å²) >= 11 is 7.41. The van der Waals surface area contributed by atoms with Gasteiger partial charge < -0.3 is 15.4 Å². The van der Waals surface area contributed by atoms with Crippen molar-refractivity contribution in [1.82, 2.24) is 10.3 Å². The first-order valence-corrected chi connectivity index (χ1v) is 9.96. The summed E-state index contributed by atoms with van der Waals surface area (Å²) in [5.74, 6) is 1.80. The monoisotopic (exact) mass is 409 g/mol. The van der Waals surface area contributed by atoms with Gasteiger partial charge in [0.05, 0.1) is 11.3 Å². The molecule has 1 aliphatic heterocycles. The number of aliphatic imine (C=N–C) groups is 1. The number of rotatable bonds is 4. The van der Waals surface area contributed by atoms with Crippen LogP contribution in [-0.2, 0) is 0 Å². The van der Waals surface area contributed by atoms with E-state index >= 15 is 0 Å². The molecule has 1 aliphatic rings. The van der Waals surface area contributed by atoms with Gasteiger partial charge in [-0.05, 0) is 42.8 Å². The van der Waals surface area contributed by atoms with Crippen LogP contribution >= 0.6 is 22.9 Å². The number of nitriles is 1. The Bertz CT molecular complexity index is 1060. The van der Waals surface area contributed by atoms with E-state index in [1.165, 1.54) is 11.3 Å². The van der Waals surface area contributed by atoms with Gasteiger partial charge in [-0.2, -0.15) is 5.26 Å². The highest BCUT2D eigenvalue weighted by Gasteiger charge is 2.16. The minimum Gasteiger partial charge on any atom is -0.455 e. The number of anilines is 1. The fourth-order valence-electron chi connectivity index (χ4n) is 2.73. The molecule has 0 saturated carbocycles. The molecule has 8 heteroatoms. The molecule has 6 nitrogen and oxygen atoms in total. The number of thiazole rings is 1. The second kappa shape index (κ2) is 8.30. The van der Waals surface area contributed by atoms with Crippen LogP contribution in [0.1, 0.15) is 12.0 Å². The summed E-state index contributed by atoms with van der Waals surface area (Å²) in [6.07, 6.45) is 1.03. The van der Waals surface area contributed by atoms with Gasteiger partial charge in [-0.3, -0.25) is 4.99 Å². The molecule has 2 N–H and O–H groups in total. The molecule has 0 radical (unpaired) electrons. The highest BCUT2D eigenvalue weighted by Crippen LogP contribution is 2.37. The van der Waals surface area contributed by atoms with Crippen molar-refractivity contribution >= 4 is 34.0 Å².